The Morgan fingerprint density at radius 3 is 2.94 bits per heavy atom. The van der Waals surface area contributed by atoms with Crippen LogP contribution < -0.4 is 5.32 Å². The van der Waals surface area contributed by atoms with Crippen LogP contribution in [0.25, 0.3) is 0 Å². The van der Waals surface area contributed by atoms with Crippen LogP contribution in [0.2, 0.25) is 0 Å². The SMILES string of the molecule is O=C(N[C@H]1COC[C@@H]1N1CCCC1)c1ccc[nH]1. The summed E-state index contributed by atoms with van der Waals surface area (Å²) in [6.07, 6.45) is 4.28. The lowest BCUT2D eigenvalue weighted by atomic mass is 10.1. The fraction of sp³-hybridized carbons (Fsp3) is 0.615. The Kier molecular flexibility index (Phi) is 3.34. The maximum Gasteiger partial charge on any atom is 0.268 e. The molecule has 1 aromatic heterocycles. The van der Waals surface area contributed by atoms with Crippen molar-refractivity contribution in [3.63, 3.8) is 0 Å². The van der Waals surface area contributed by atoms with Gasteiger partial charge in [0.25, 0.3) is 5.91 Å². The quantitative estimate of drug-likeness (QED) is 0.825. The van der Waals surface area contributed by atoms with Gasteiger partial charge in [0.2, 0.25) is 0 Å². The topological polar surface area (TPSA) is 57.4 Å². The first-order chi connectivity index (χ1) is 8.84. The Labute approximate surface area is 106 Å². The van der Waals surface area contributed by atoms with Gasteiger partial charge < -0.3 is 15.0 Å². The molecule has 0 unspecified atom stereocenters. The second kappa shape index (κ2) is 5.12. The number of amides is 1. The summed E-state index contributed by atoms with van der Waals surface area (Å²) in [5, 5.41) is 3.07. The van der Waals surface area contributed by atoms with E-state index in [4.69, 9.17) is 4.74 Å². The monoisotopic (exact) mass is 249 g/mol. The Balaban J connectivity index is 1.62. The molecule has 2 aliphatic rings. The number of likely N-dealkylation sites (tertiary alicyclic amines) is 1. The van der Waals surface area contributed by atoms with Gasteiger partial charge in [-0.3, -0.25) is 9.69 Å². The first-order valence-corrected chi connectivity index (χ1v) is 6.60. The van der Waals surface area contributed by atoms with Crippen molar-refractivity contribution in [2.24, 2.45) is 0 Å². The first-order valence-electron chi connectivity index (χ1n) is 6.60. The Hall–Kier alpha value is -1.33. The van der Waals surface area contributed by atoms with Crippen molar-refractivity contribution in [2.75, 3.05) is 26.3 Å². The molecule has 0 radical (unpaired) electrons. The minimum atomic E-state index is -0.0419. The molecule has 0 spiro atoms. The highest BCUT2D eigenvalue weighted by Crippen LogP contribution is 2.19. The van der Waals surface area contributed by atoms with Crippen LogP contribution in [0.4, 0.5) is 0 Å². The highest BCUT2D eigenvalue weighted by molar-refractivity contribution is 5.92. The van der Waals surface area contributed by atoms with Crippen LogP contribution in [0.1, 0.15) is 23.3 Å². The Morgan fingerprint density at radius 2 is 2.22 bits per heavy atom. The molecule has 5 heteroatoms. The van der Waals surface area contributed by atoms with E-state index in [-0.39, 0.29) is 11.9 Å². The summed E-state index contributed by atoms with van der Waals surface area (Å²) in [6.45, 7) is 3.61. The summed E-state index contributed by atoms with van der Waals surface area (Å²) >= 11 is 0. The number of nitrogens with zero attached hydrogens (tertiary/aromatic N) is 1. The van der Waals surface area contributed by atoms with E-state index in [0.29, 0.717) is 18.3 Å². The number of H-pyrrole nitrogens is 1. The van der Waals surface area contributed by atoms with Crippen molar-refractivity contribution in [2.45, 2.75) is 24.9 Å². The molecule has 1 amide bonds. The zero-order chi connectivity index (χ0) is 12.4. The summed E-state index contributed by atoms with van der Waals surface area (Å²) in [5.74, 6) is -0.0419. The molecule has 2 N–H and O–H groups in total. The predicted molar refractivity (Wildman–Crippen MR) is 67.5 cm³/mol. The first kappa shape index (κ1) is 11.7. The number of carbonyl (C=O) groups is 1. The van der Waals surface area contributed by atoms with E-state index in [1.807, 2.05) is 6.07 Å². The lowest BCUT2D eigenvalue weighted by molar-refractivity contribution is 0.0912. The van der Waals surface area contributed by atoms with Crippen LogP contribution in [0.3, 0.4) is 0 Å². The molecule has 5 nitrogen and oxygen atoms in total. The van der Waals surface area contributed by atoms with Gasteiger partial charge in [0, 0.05) is 6.20 Å². The molecular weight excluding hydrogens is 230 g/mol. The van der Waals surface area contributed by atoms with E-state index in [0.717, 1.165) is 19.7 Å². The number of aromatic nitrogens is 1. The van der Waals surface area contributed by atoms with E-state index >= 15 is 0 Å². The second-order valence-corrected chi connectivity index (χ2v) is 5.01. The van der Waals surface area contributed by atoms with Crippen LogP contribution in [0, 0.1) is 0 Å². The number of hydrogen-bond donors (Lipinski definition) is 2. The molecular formula is C13H19N3O2. The molecule has 2 atom stereocenters. The maximum absolute atomic E-state index is 12.0. The molecule has 0 bridgehead atoms. The normalized spacial score (nSPS) is 28.7. The highest BCUT2D eigenvalue weighted by Gasteiger charge is 2.35. The summed E-state index contributed by atoms with van der Waals surface area (Å²) in [6, 6.07) is 4.07. The van der Waals surface area contributed by atoms with Crippen molar-refractivity contribution >= 4 is 5.91 Å². The molecule has 0 aliphatic carbocycles. The highest BCUT2D eigenvalue weighted by atomic mass is 16.5. The Bertz CT molecular complexity index is 398. The van der Waals surface area contributed by atoms with E-state index < -0.39 is 0 Å². The molecule has 0 saturated carbocycles. The largest absolute Gasteiger partial charge is 0.378 e. The number of aromatic amines is 1. The van der Waals surface area contributed by atoms with Crippen molar-refractivity contribution in [1.82, 2.24) is 15.2 Å². The van der Waals surface area contributed by atoms with E-state index in [2.05, 4.69) is 15.2 Å². The summed E-state index contributed by atoms with van der Waals surface area (Å²) < 4.78 is 5.53. The van der Waals surface area contributed by atoms with Crippen molar-refractivity contribution in [1.29, 1.82) is 0 Å². The zero-order valence-electron chi connectivity index (χ0n) is 10.4. The maximum atomic E-state index is 12.0. The van der Waals surface area contributed by atoms with Gasteiger partial charge in [0.1, 0.15) is 5.69 Å². The van der Waals surface area contributed by atoms with E-state index in [1.54, 1.807) is 12.3 Å². The average Bonchev–Trinajstić information content (AvgIpc) is 3.11. The molecule has 2 saturated heterocycles. The molecule has 3 heterocycles. The molecule has 0 aromatic carbocycles. The minimum Gasteiger partial charge on any atom is -0.378 e. The number of rotatable bonds is 3. The smallest absolute Gasteiger partial charge is 0.268 e. The third-order valence-corrected chi connectivity index (χ3v) is 3.82. The fourth-order valence-electron chi connectivity index (χ4n) is 2.83. The van der Waals surface area contributed by atoms with Crippen molar-refractivity contribution in [3.05, 3.63) is 24.0 Å². The molecule has 1 aromatic rings. The van der Waals surface area contributed by atoms with Crippen LogP contribution in [-0.4, -0.2) is 54.2 Å². The van der Waals surface area contributed by atoms with Gasteiger partial charge in [-0.2, -0.15) is 0 Å². The number of carbonyl (C=O) groups excluding carboxylic acids is 1. The van der Waals surface area contributed by atoms with Gasteiger partial charge in [-0.1, -0.05) is 0 Å². The van der Waals surface area contributed by atoms with Gasteiger partial charge in [0.15, 0.2) is 0 Å². The summed E-state index contributed by atoms with van der Waals surface area (Å²) in [7, 11) is 0. The Morgan fingerprint density at radius 1 is 1.39 bits per heavy atom. The second-order valence-electron chi connectivity index (χ2n) is 5.01. The van der Waals surface area contributed by atoms with Crippen LogP contribution in [-0.2, 0) is 4.74 Å². The van der Waals surface area contributed by atoms with Gasteiger partial charge >= 0.3 is 0 Å². The van der Waals surface area contributed by atoms with Gasteiger partial charge in [-0.05, 0) is 38.1 Å². The third-order valence-electron chi connectivity index (χ3n) is 3.82. The summed E-state index contributed by atoms with van der Waals surface area (Å²) in [5.41, 5.74) is 0.613. The van der Waals surface area contributed by atoms with Gasteiger partial charge in [-0.25, -0.2) is 0 Å². The van der Waals surface area contributed by atoms with Crippen LogP contribution in [0.5, 0.6) is 0 Å². The zero-order valence-corrected chi connectivity index (χ0v) is 10.4. The van der Waals surface area contributed by atoms with Gasteiger partial charge in [0.05, 0.1) is 25.3 Å². The van der Waals surface area contributed by atoms with Gasteiger partial charge in [-0.15, -0.1) is 0 Å². The van der Waals surface area contributed by atoms with Crippen molar-refractivity contribution < 1.29 is 9.53 Å². The lowest BCUT2D eigenvalue weighted by Crippen LogP contribution is -2.50. The van der Waals surface area contributed by atoms with Crippen LogP contribution in [0.15, 0.2) is 18.3 Å². The lowest BCUT2D eigenvalue weighted by Gasteiger charge is -2.27. The van der Waals surface area contributed by atoms with Crippen molar-refractivity contribution in [3.8, 4) is 0 Å². The third kappa shape index (κ3) is 2.28. The molecule has 98 valence electrons. The number of nitrogens with one attached hydrogen (secondary N) is 2. The number of hydrogen-bond acceptors (Lipinski definition) is 3. The molecule has 3 rings (SSSR count). The average molecular weight is 249 g/mol. The van der Waals surface area contributed by atoms with E-state index in [1.165, 1.54) is 12.8 Å². The predicted octanol–water partition coefficient (Wildman–Crippen LogP) is 0.608. The standard InChI is InChI=1S/C13H19N3O2/c17-13(10-4-3-5-14-10)15-11-8-18-9-12(11)16-6-1-2-7-16/h3-5,11-12,14H,1-2,6-9H2,(H,15,17)/t11-,12-/m0/s1. The minimum absolute atomic E-state index is 0.0419. The molecule has 2 aliphatic heterocycles. The fourth-order valence-corrected chi connectivity index (χ4v) is 2.83. The van der Waals surface area contributed by atoms with Crippen LogP contribution >= 0.6 is 0 Å². The van der Waals surface area contributed by atoms with E-state index in [9.17, 15) is 4.79 Å². The molecule has 2 fully saturated rings. The number of ether oxygens (including phenoxy) is 1. The summed E-state index contributed by atoms with van der Waals surface area (Å²) in [4.78, 5) is 17.4. The molecule has 18 heavy (non-hydrogen) atoms.